The Morgan fingerprint density at radius 1 is 1.22 bits per heavy atom. The molecule has 1 N–H and O–H groups in total. The fourth-order valence-electron chi connectivity index (χ4n) is 3.96. The van der Waals surface area contributed by atoms with Crippen molar-refractivity contribution >= 4 is 31.2 Å². The lowest BCUT2D eigenvalue weighted by Crippen LogP contribution is -2.39. The van der Waals surface area contributed by atoms with Gasteiger partial charge in [0.15, 0.2) is 5.65 Å². The lowest BCUT2D eigenvalue weighted by molar-refractivity contribution is 0.355. The Labute approximate surface area is 162 Å². The summed E-state index contributed by atoms with van der Waals surface area (Å²) in [7, 11) is 0.673. The minimum absolute atomic E-state index is 0.673. The molecule has 3 aromatic rings. The van der Waals surface area contributed by atoms with Gasteiger partial charge >= 0.3 is 0 Å². The normalized spacial score (nSPS) is 20.6. The summed E-state index contributed by atoms with van der Waals surface area (Å²) in [5.74, 6) is 3.41. The standard InChI is InChI=1S/C20H27N6P/c1-14-7-15(2)13-25(12-14)19-8-18(22-10-16-5-4-6-21-9-16)26-20(24-19)17(27-3)11-23-26/h4-6,8-9,11,14-15,22,27H,7,10,12-13H2,1-3H3. The molecule has 1 saturated heterocycles. The molecule has 0 saturated carbocycles. The molecule has 1 aliphatic heterocycles. The molecule has 142 valence electrons. The summed E-state index contributed by atoms with van der Waals surface area (Å²) in [5, 5.41) is 9.33. The van der Waals surface area contributed by atoms with Crippen molar-refractivity contribution in [2.45, 2.75) is 26.8 Å². The SMILES string of the molecule is CPc1cnn2c(NCc3cccnc3)cc(N3CC(C)CC(C)C3)nc12. The van der Waals surface area contributed by atoms with Gasteiger partial charge in [-0.15, -0.1) is 0 Å². The average Bonchev–Trinajstić information content (AvgIpc) is 3.09. The van der Waals surface area contributed by atoms with E-state index in [4.69, 9.17) is 4.98 Å². The summed E-state index contributed by atoms with van der Waals surface area (Å²) in [5.41, 5.74) is 2.11. The van der Waals surface area contributed by atoms with E-state index in [0.29, 0.717) is 27.0 Å². The predicted octanol–water partition coefficient (Wildman–Crippen LogP) is 3.15. The maximum absolute atomic E-state index is 5.00. The van der Waals surface area contributed by atoms with Gasteiger partial charge in [-0.2, -0.15) is 9.61 Å². The number of aromatic nitrogens is 4. The highest BCUT2D eigenvalue weighted by Crippen LogP contribution is 2.28. The zero-order chi connectivity index (χ0) is 18.8. The molecule has 7 heteroatoms. The second-order valence-corrected chi connectivity index (χ2v) is 8.65. The molecule has 0 aliphatic carbocycles. The van der Waals surface area contributed by atoms with Crippen molar-refractivity contribution in [3.8, 4) is 0 Å². The van der Waals surface area contributed by atoms with E-state index >= 15 is 0 Å². The van der Waals surface area contributed by atoms with Crippen molar-refractivity contribution in [2.75, 3.05) is 30.0 Å². The summed E-state index contributed by atoms with van der Waals surface area (Å²) >= 11 is 0. The smallest absolute Gasteiger partial charge is 0.167 e. The lowest BCUT2D eigenvalue weighted by Gasteiger charge is -2.36. The number of piperidine rings is 1. The van der Waals surface area contributed by atoms with Crippen LogP contribution in [0.25, 0.3) is 5.65 Å². The van der Waals surface area contributed by atoms with Gasteiger partial charge in [-0.1, -0.05) is 28.5 Å². The summed E-state index contributed by atoms with van der Waals surface area (Å²) < 4.78 is 1.93. The topological polar surface area (TPSA) is 58.4 Å². The molecule has 27 heavy (non-hydrogen) atoms. The highest BCUT2D eigenvalue weighted by molar-refractivity contribution is 7.46. The number of hydrogen-bond donors (Lipinski definition) is 1. The summed E-state index contributed by atoms with van der Waals surface area (Å²) in [6.07, 6.45) is 6.93. The highest BCUT2D eigenvalue weighted by Gasteiger charge is 2.24. The van der Waals surface area contributed by atoms with Gasteiger partial charge in [0, 0.05) is 43.4 Å². The third-order valence-corrected chi connectivity index (χ3v) is 6.01. The molecule has 0 spiro atoms. The molecule has 0 radical (unpaired) electrons. The van der Waals surface area contributed by atoms with Crippen molar-refractivity contribution in [1.29, 1.82) is 0 Å². The zero-order valence-corrected chi connectivity index (χ0v) is 17.2. The first kappa shape index (κ1) is 18.2. The predicted molar refractivity (Wildman–Crippen MR) is 114 cm³/mol. The van der Waals surface area contributed by atoms with E-state index < -0.39 is 0 Å². The molecular formula is C20H27N6P. The van der Waals surface area contributed by atoms with E-state index in [1.807, 2.05) is 23.0 Å². The first-order valence-corrected chi connectivity index (χ1v) is 11.1. The number of nitrogens with one attached hydrogen (secondary N) is 1. The minimum atomic E-state index is 0.673. The van der Waals surface area contributed by atoms with Crippen molar-refractivity contribution < 1.29 is 0 Å². The van der Waals surface area contributed by atoms with E-state index in [-0.39, 0.29) is 0 Å². The van der Waals surface area contributed by atoms with Crippen LogP contribution < -0.4 is 15.5 Å². The van der Waals surface area contributed by atoms with Crippen LogP contribution in [0.5, 0.6) is 0 Å². The van der Waals surface area contributed by atoms with Gasteiger partial charge in [0.25, 0.3) is 0 Å². The van der Waals surface area contributed by atoms with Gasteiger partial charge in [0.05, 0.1) is 6.20 Å². The van der Waals surface area contributed by atoms with E-state index in [1.54, 1.807) is 6.20 Å². The molecule has 3 atom stereocenters. The first-order valence-electron chi connectivity index (χ1n) is 9.58. The van der Waals surface area contributed by atoms with Crippen LogP contribution in [0.1, 0.15) is 25.8 Å². The van der Waals surface area contributed by atoms with Crippen molar-refractivity contribution in [2.24, 2.45) is 11.8 Å². The summed E-state index contributed by atoms with van der Waals surface area (Å²) in [4.78, 5) is 11.6. The molecular weight excluding hydrogens is 355 g/mol. The van der Waals surface area contributed by atoms with E-state index in [9.17, 15) is 0 Å². The molecule has 0 aromatic carbocycles. The van der Waals surface area contributed by atoms with Gasteiger partial charge in [0.1, 0.15) is 11.6 Å². The monoisotopic (exact) mass is 382 g/mol. The van der Waals surface area contributed by atoms with Crippen molar-refractivity contribution in [3.05, 3.63) is 42.4 Å². The van der Waals surface area contributed by atoms with Crippen LogP contribution >= 0.6 is 8.58 Å². The van der Waals surface area contributed by atoms with Gasteiger partial charge in [-0.3, -0.25) is 4.98 Å². The van der Waals surface area contributed by atoms with Crippen molar-refractivity contribution in [3.63, 3.8) is 0 Å². The second kappa shape index (κ2) is 7.81. The molecule has 1 aliphatic rings. The maximum atomic E-state index is 5.00. The Morgan fingerprint density at radius 2 is 2.04 bits per heavy atom. The van der Waals surface area contributed by atoms with Crippen LogP contribution in [0, 0.1) is 11.8 Å². The molecule has 4 rings (SSSR count). The Hall–Kier alpha value is -2.20. The van der Waals surface area contributed by atoms with Gasteiger partial charge < -0.3 is 10.2 Å². The minimum Gasteiger partial charge on any atom is -0.366 e. The Kier molecular flexibility index (Phi) is 5.26. The molecule has 4 heterocycles. The summed E-state index contributed by atoms with van der Waals surface area (Å²) in [6, 6.07) is 6.18. The third-order valence-electron chi connectivity index (χ3n) is 5.12. The number of hydrogen-bond acceptors (Lipinski definition) is 5. The van der Waals surface area contributed by atoms with Gasteiger partial charge in [-0.05, 0) is 36.6 Å². The molecule has 1 fully saturated rings. The second-order valence-electron chi connectivity index (χ2n) is 7.61. The Balaban J connectivity index is 1.69. The van der Waals surface area contributed by atoms with E-state index in [2.05, 4.69) is 52.9 Å². The third kappa shape index (κ3) is 3.91. The maximum Gasteiger partial charge on any atom is 0.167 e. The Bertz CT molecular complexity index is 899. The van der Waals surface area contributed by atoms with Crippen LogP contribution in [-0.2, 0) is 6.54 Å². The fraction of sp³-hybridized carbons (Fsp3) is 0.450. The largest absolute Gasteiger partial charge is 0.366 e. The zero-order valence-electron chi connectivity index (χ0n) is 16.2. The van der Waals surface area contributed by atoms with Crippen LogP contribution in [0.2, 0.25) is 0 Å². The van der Waals surface area contributed by atoms with Crippen LogP contribution in [0.15, 0.2) is 36.8 Å². The molecule has 6 nitrogen and oxygen atoms in total. The van der Waals surface area contributed by atoms with Gasteiger partial charge in [-0.25, -0.2) is 4.98 Å². The van der Waals surface area contributed by atoms with Gasteiger partial charge in [0.2, 0.25) is 0 Å². The van der Waals surface area contributed by atoms with Crippen LogP contribution in [-0.4, -0.2) is 39.3 Å². The van der Waals surface area contributed by atoms with E-state index in [0.717, 1.165) is 35.9 Å². The molecule has 0 amide bonds. The average molecular weight is 382 g/mol. The molecule has 3 aromatic heterocycles. The van der Waals surface area contributed by atoms with Crippen LogP contribution in [0.3, 0.4) is 0 Å². The molecule has 3 unspecified atom stereocenters. The number of anilines is 2. The Morgan fingerprint density at radius 3 is 2.74 bits per heavy atom. The fourth-order valence-corrected chi connectivity index (χ4v) is 4.53. The van der Waals surface area contributed by atoms with Crippen LogP contribution in [0.4, 0.5) is 11.6 Å². The molecule has 0 bridgehead atoms. The number of fused-ring (bicyclic) bond motifs is 1. The number of nitrogens with zero attached hydrogens (tertiary/aromatic N) is 5. The lowest BCUT2D eigenvalue weighted by atomic mass is 9.92. The van der Waals surface area contributed by atoms with Crippen molar-refractivity contribution in [1.82, 2.24) is 19.6 Å². The van der Waals surface area contributed by atoms with E-state index in [1.165, 1.54) is 11.7 Å². The highest BCUT2D eigenvalue weighted by atomic mass is 31.1. The first-order chi connectivity index (χ1) is 13.1. The number of rotatable bonds is 5. The number of pyridine rings is 1. The quantitative estimate of drug-likeness (QED) is 0.687. The summed E-state index contributed by atoms with van der Waals surface area (Å²) in [6.45, 7) is 9.68.